The van der Waals surface area contributed by atoms with E-state index < -0.39 is 0 Å². The monoisotopic (exact) mass is 211 g/mol. The molecule has 3 aliphatic heterocycles. The number of hydrogen-bond acceptors (Lipinski definition) is 2. The lowest BCUT2D eigenvalue weighted by Gasteiger charge is -2.28. The van der Waals surface area contributed by atoms with Crippen LogP contribution in [-0.2, 0) is 4.79 Å². The molecule has 3 aliphatic rings. The molecule has 3 fully saturated rings. The van der Waals surface area contributed by atoms with E-state index in [1.165, 1.54) is 50.2 Å². The summed E-state index contributed by atoms with van der Waals surface area (Å²) in [4.78, 5) is 12.4. The summed E-state index contributed by atoms with van der Waals surface area (Å²) in [6, 6.07) is 0.440. The molecule has 0 aliphatic carbocycles. The van der Waals surface area contributed by atoms with Gasteiger partial charge in [0.25, 0.3) is 0 Å². The highest BCUT2D eigenvalue weighted by molar-refractivity contribution is 5.84. The van der Waals surface area contributed by atoms with Crippen LogP contribution >= 0.6 is 0 Å². The number of fused-ring (bicyclic) bond motifs is 1. The van der Waals surface area contributed by atoms with E-state index in [9.17, 15) is 4.79 Å². The van der Waals surface area contributed by atoms with E-state index in [0.29, 0.717) is 11.8 Å². The van der Waals surface area contributed by atoms with Crippen molar-refractivity contribution in [3.05, 3.63) is 0 Å². The van der Waals surface area contributed by atoms with Crippen LogP contribution in [0, 0.1) is 0 Å². The molecule has 2 unspecified atom stereocenters. The van der Waals surface area contributed by atoms with Gasteiger partial charge in [0, 0.05) is 0 Å². The van der Waals surface area contributed by atoms with E-state index in [1.807, 2.05) is 0 Å². The van der Waals surface area contributed by atoms with Gasteiger partial charge in [-0.05, 0) is 25.9 Å². The van der Waals surface area contributed by atoms with Crippen molar-refractivity contribution < 1.29 is 9.69 Å². The maximum atomic E-state index is 10.8. The van der Waals surface area contributed by atoms with Crippen LogP contribution in [-0.4, -0.2) is 38.0 Å². The molecule has 0 aromatic heterocycles. The summed E-state index contributed by atoms with van der Waals surface area (Å²) in [5, 5.41) is 3.35. The predicted octanol–water partition coefficient (Wildman–Crippen LogP) is -0.234. The first-order valence-electron chi connectivity index (χ1n) is 6.46. The largest absolute Gasteiger partial charge is 0.326 e. The summed E-state index contributed by atoms with van der Waals surface area (Å²) in [6.45, 7) is 4.86. The molecule has 0 bridgehead atoms. The van der Waals surface area contributed by atoms with Crippen molar-refractivity contribution in [2.75, 3.05) is 26.2 Å². The number of ketones is 1. The van der Waals surface area contributed by atoms with E-state index in [4.69, 9.17) is 0 Å². The third-order valence-corrected chi connectivity index (χ3v) is 3.79. The molecule has 0 spiro atoms. The lowest BCUT2D eigenvalue weighted by atomic mass is 10.0. The summed E-state index contributed by atoms with van der Waals surface area (Å²) in [5.41, 5.74) is 0. The molecule has 0 saturated carbocycles. The molecule has 3 nitrogen and oxygen atoms in total. The summed E-state index contributed by atoms with van der Waals surface area (Å²) in [5.74, 6) is 0.506. The molecule has 0 aromatic carbocycles. The maximum absolute atomic E-state index is 10.8. The van der Waals surface area contributed by atoms with Gasteiger partial charge in [0.2, 0.25) is 0 Å². The van der Waals surface area contributed by atoms with Crippen molar-refractivity contribution in [1.82, 2.24) is 5.32 Å². The number of rotatable bonds is 0. The van der Waals surface area contributed by atoms with Gasteiger partial charge in [0.05, 0.1) is 25.9 Å². The first kappa shape index (κ1) is 11.1. The van der Waals surface area contributed by atoms with Gasteiger partial charge in [-0.15, -0.1) is 0 Å². The normalized spacial score (nSPS) is 34.5. The molecule has 0 amide bonds. The second kappa shape index (κ2) is 5.61. The third-order valence-electron chi connectivity index (χ3n) is 3.79. The van der Waals surface area contributed by atoms with Crippen molar-refractivity contribution in [2.45, 2.75) is 44.6 Å². The Labute approximate surface area is 92.2 Å². The van der Waals surface area contributed by atoms with E-state index in [2.05, 4.69) is 5.32 Å². The highest BCUT2D eigenvalue weighted by atomic mass is 16.1. The van der Waals surface area contributed by atoms with Gasteiger partial charge in [0.1, 0.15) is 0 Å². The Hall–Kier alpha value is -0.410. The lowest BCUT2D eigenvalue weighted by Crippen LogP contribution is -3.20. The first-order valence-corrected chi connectivity index (χ1v) is 6.46. The maximum Gasteiger partial charge on any atom is 0.195 e. The molecular formula is C12H23N2O+. The molecule has 0 radical (unpaired) electrons. The third kappa shape index (κ3) is 3.02. The molecule has 86 valence electrons. The zero-order valence-electron chi connectivity index (χ0n) is 9.56. The molecule has 2 atom stereocenters. The molecule has 3 heteroatoms. The molecule has 0 aromatic rings. The van der Waals surface area contributed by atoms with Gasteiger partial charge in [-0.2, -0.15) is 0 Å². The highest BCUT2D eigenvalue weighted by Crippen LogP contribution is 2.05. The predicted molar refractivity (Wildman–Crippen MR) is 60.1 cm³/mol. The van der Waals surface area contributed by atoms with Gasteiger partial charge < -0.3 is 10.2 Å². The fraction of sp³-hybridized carbons (Fsp3) is 0.917. The Morgan fingerprint density at radius 3 is 2.20 bits per heavy atom. The average Bonchev–Trinajstić information content (AvgIpc) is 2.47. The van der Waals surface area contributed by atoms with E-state index >= 15 is 0 Å². The molecular weight excluding hydrogens is 188 g/mol. The van der Waals surface area contributed by atoms with Crippen molar-refractivity contribution in [3.8, 4) is 0 Å². The first-order chi connectivity index (χ1) is 7.38. The van der Waals surface area contributed by atoms with Crippen molar-refractivity contribution in [2.24, 2.45) is 0 Å². The average molecular weight is 211 g/mol. The van der Waals surface area contributed by atoms with Crippen LogP contribution in [0.5, 0.6) is 0 Å². The minimum Gasteiger partial charge on any atom is -0.326 e. The number of Topliss-reactive ketones (excluding diaryl/α,β-unsaturated/α-hetero) is 1. The van der Waals surface area contributed by atoms with Crippen molar-refractivity contribution in [3.63, 3.8) is 0 Å². The summed E-state index contributed by atoms with van der Waals surface area (Å²) in [7, 11) is 0. The Kier molecular flexibility index (Phi) is 4.15. The second-order valence-electron chi connectivity index (χ2n) is 4.88. The fourth-order valence-electron chi connectivity index (χ4n) is 2.62. The quantitative estimate of drug-likeness (QED) is 0.580. The number of carbonyl (C=O) groups is 1. The van der Waals surface area contributed by atoms with E-state index in [1.54, 1.807) is 0 Å². The molecule has 3 rings (SSSR count). The Morgan fingerprint density at radius 2 is 1.80 bits per heavy atom. The SMILES string of the molecule is C1CCCNCC1.O=C1CC[NH+]2CCC12. The molecule has 3 heterocycles. The van der Waals surface area contributed by atoms with Gasteiger partial charge >= 0.3 is 0 Å². The van der Waals surface area contributed by atoms with Crippen LogP contribution in [0.4, 0.5) is 0 Å². The zero-order chi connectivity index (χ0) is 10.5. The Balaban J connectivity index is 0.000000115. The van der Waals surface area contributed by atoms with Crippen LogP contribution in [0.3, 0.4) is 0 Å². The van der Waals surface area contributed by atoms with Crippen LogP contribution in [0.15, 0.2) is 0 Å². The summed E-state index contributed by atoms with van der Waals surface area (Å²) < 4.78 is 0. The number of carbonyl (C=O) groups excluding carboxylic acids is 1. The number of quaternary nitrogens is 1. The Morgan fingerprint density at radius 1 is 1.07 bits per heavy atom. The number of nitrogens with one attached hydrogen (secondary N) is 2. The van der Waals surface area contributed by atoms with Crippen LogP contribution in [0.25, 0.3) is 0 Å². The van der Waals surface area contributed by atoms with Gasteiger partial charge in [0.15, 0.2) is 11.8 Å². The number of hydrogen-bond donors (Lipinski definition) is 2. The lowest BCUT2D eigenvalue weighted by molar-refractivity contribution is -0.947. The standard InChI is InChI=1S/C6H9NO.C6H13N/c8-6-2-4-7-3-1-5(6)7;1-2-4-6-7-5-3-1/h5H,1-4H2;7H,1-6H2/p+1. The van der Waals surface area contributed by atoms with Crippen LogP contribution < -0.4 is 10.2 Å². The minimum absolute atomic E-state index is 0.440. The van der Waals surface area contributed by atoms with E-state index in [0.717, 1.165) is 19.4 Å². The summed E-state index contributed by atoms with van der Waals surface area (Å²) in [6.07, 6.45) is 7.66. The van der Waals surface area contributed by atoms with Gasteiger partial charge in [-0.25, -0.2) is 0 Å². The smallest absolute Gasteiger partial charge is 0.195 e. The molecule has 15 heavy (non-hydrogen) atoms. The fourth-order valence-corrected chi connectivity index (χ4v) is 2.62. The summed E-state index contributed by atoms with van der Waals surface area (Å²) >= 11 is 0. The van der Waals surface area contributed by atoms with Crippen LogP contribution in [0.2, 0.25) is 0 Å². The second-order valence-corrected chi connectivity index (χ2v) is 4.88. The topological polar surface area (TPSA) is 33.5 Å². The van der Waals surface area contributed by atoms with Gasteiger partial charge in [-0.1, -0.05) is 12.8 Å². The molecule has 3 saturated heterocycles. The molecule has 2 N–H and O–H groups in total. The van der Waals surface area contributed by atoms with E-state index in [-0.39, 0.29) is 0 Å². The zero-order valence-corrected chi connectivity index (χ0v) is 9.56. The van der Waals surface area contributed by atoms with Crippen molar-refractivity contribution >= 4 is 5.78 Å². The van der Waals surface area contributed by atoms with Crippen LogP contribution in [0.1, 0.15) is 38.5 Å². The van der Waals surface area contributed by atoms with Crippen molar-refractivity contribution in [1.29, 1.82) is 0 Å². The minimum atomic E-state index is 0.440. The highest BCUT2D eigenvalue weighted by Gasteiger charge is 2.43. The Bertz CT molecular complexity index is 198. The van der Waals surface area contributed by atoms with Gasteiger partial charge in [-0.3, -0.25) is 4.79 Å².